The third-order valence-electron chi connectivity index (χ3n) is 4.79. The summed E-state index contributed by atoms with van der Waals surface area (Å²) >= 11 is 0. The Bertz CT molecular complexity index is 658. The summed E-state index contributed by atoms with van der Waals surface area (Å²) in [5.74, 6) is -0.178. The van der Waals surface area contributed by atoms with Gasteiger partial charge in [-0.15, -0.1) is 0 Å². The molecule has 0 N–H and O–H groups in total. The van der Waals surface area contributed by atoms with E-state index in [0.717, 1.165) is 26.2 Å². The number of nitrogens with zero attached hydrogens (tertiary/aromatic N) is 4. The van der Waals surface area contributed by atoms with Gasteiger partial charge in [-0.2, -0.15) is 0 Å². The van der Waals surface area contributed by atoms with Crippen molar-refractivity contribution in [1.82, 2.24) is 9.80 Å². The van der Waals surface area contributed by atoms with Crippen molar-refractivity contribution < 1.29 is 14.5 Å². The third kappa shape index (κ3) is 3.91. The topological polar surface area (TPSA) is 79.2 Å². The van der Waals surface area contributed by atoms with E-state index in [1.165, 1.54) is 6.07 Å². The van der Waals surface area contributed by atoms with Gasteiger partial charge in [0.2, 0.25) is 0 Å². The second kappa shape index (κ2) is 7.37. The standard InChI is InChI=1S/C17H24N4O4/c1-13-12-20(9-10-25-13)17(22)14-3-4-15(16(11-14)21(23)24)19-7-5-18(2)6-8-19/h3-4,11,13H,5-10,12H2,1-2H3/t13-/m1/s1. The van der Waals surface area contributed by atoms with Crippen LogP contribution < -0.4 is 4.90 Å². The number of hydrogen-bond donors (Lipinski definition) is 0. The highest BCUT2D eigenvalue weighted by atomic mass is 16.6. The zero-order valence-electron chi connectivity index (χ0n) is 14.7. The number of likely N-dealkylation sites (N-methyl/N-ethyl adjacent to an activating group) is 1. The summed E-state index contributed by atoms with van der Waals surface area (Å²) < 4.78 is 5.45. The SMILES string of the molecule is C[C@@H]1CN(C(=O)c2ccc(N3CCN(C)CC3)c([N+](=O)[O-])c2)CCO1. The molecular weight excluding hydrogens is 324 g/mol. The molecule has 2 fully saturated rings. The first-order chi connectivity index (χ1) is 12.0. The van der Waals surface area contributed by atoms with Gasteiger partial charge in [-0.3, -0.25) is 14.9 Å². The first-order valence-electron chi connectivity index (χ1n) is 8.58. The number of nitro benzene ring substituents is 1. The van der Waals surface area contributed by atoms with Crippen molar-refractivity contribution in [2.45, 2.75) is 13.0 Å². The van der Waals surface area contributed by atoms with Crippen LogP contribution in [0.15, 0.2) is 18.2 Å². The molecular formula is C17H24N4O4. The Kier molecular flexibility index (Phi) is 5.19. The first kappa shape index (κ1) is 17.6. The van der Waals surface area contributed by atoms with Crippen LogP contribution in [0.4, 0.5) is 11.4 Å². The van der Waals surface area contributed by atoms with Crippen molar-refractivity contribution in [3.05, 3.63) is 33.9 Å². The van der Waals surface area contributed by atoms with E-state index < -0.39 is 4.92 Å². The lowest BCUT2D eigenvalue weighted by Crippen LogP contribution is -2.45. The summed E-state index contributed by atoms with van der Waals surface area (Å²) in [6, 6.07) is 4.82. The fourth-order valence-electron chi connectivity index (χ4n) is 3.30. The number of carbonyl (C=O) groups is 1. The maximum absolute atomic E-state index is 12.7. The minimum absolute atomic E-state index is 0.00305. The van der Waals surface area contributed by atoms with E-state index in [1.54, 1.807) is 17.0 Å². The molecule has 0 aromatic heterocycles. The van der Waals surface area contributed by atoms with Gasteiger partial charge in [0.25, 0.3) is 11.6 Å². The van der Waals surface area contributed by atoms with Crippen molar-refractivity contribution in [2.75, 3.05) is 57.8 Å². The van der Waals surface area contributed by atoms with Crippen LogP contribution in [-0.4, -0.2) is 79.7 Å². The normalized spacial score (nSPS) is 22.1. The van der Waals surface area contributed by atoms with Crippen LogP contribution in [0.25, 0.3) is 0 Å². The lowest BCUT2D eigenvalue weighted by molar-refractivity contribution is -0.384. The predicted octanol–water partition coefficient (Wildman–Crippen LogP) is 1.21. The van der Waals surface area contributed by atoms with Gasteiger partial charge in [0.15, 0.2) is 0 Å². The van der Waals surface area contributed by atoms with Crippen molar-refractivity contribution in [3.8, 4) is 0 Å². The van der Waals surface area contributed by atoms with Crippen LogP contribution in [0.5, 0.6) is 0 Å². The van der Waals surface area contributed by atoms with Crippen LogP contribution in [0.3, 0.4) is 0 Å². The summed E-state index contributed by atoms with van der Waals surface area (Å²) in [7, 11) is 2.04. The maximum Gasteiger partial charge on any atom is 0.293 e. The van der Waals surface area contributed by atoms with Crippen LogP contribution in [0, 0.1) is 10.1 Å². The monoisotopic (exact) mass is 348 g/mol. The zero-order chi connectivity index (χ0) is 18.0. The van der Waals surface area contributed by atoms with Crippen molar-refractivity contribution >= 4 is 17.3 Å². The number of rotatable bonds is 3. The molecule has 1 amide bonds. The van der Waals surface area contributed by atoms with E-state index in [-0.39, 0.29) is 17.7 Å². The van der Waals surface area contributed by atoms with Crippen molar-refractivity contribution in [3.63, 3.8) is 0 Å². The lowest BCUT2D eigenvalue weighted by atomic mass is 10.1. The number of benzene rings is 1. The van der Waals surface area contributed by atoms with E-state index >= 15 is 0 Å². The number of piperazine rings is 1. The van der Waals surface area contributed by atoms with E-state index in [2.05, 4.69) is 4.90 Å². The van der Waals surface area contributed by atoms with Crippen LogP contribution in [-0.2, 0) is 4.74 Å². The molecule has 0 radical (unpaired) electrons. The Labute approximate surface area is 147 Å². The Morgan fingerprint density at radius 1 is 1.24 bits per heavy atom. The minimum atomic E-state index is -0.396. The molecule has 8 nitrogen and oxygen atoms in total. The van der Waals surface area contributed by atoms with Gasteiger partial charge >= 0.3 is 0 Å². The molecule has 2 heterocycles. The van der Waals surface area contributed by atoms with E-state index in [9.17, 15) is 14.9 Å². The molecule has 2 saturated heterocycles. The maximum atomic E-state index is 12.7. The molecule has 0 unspecified atom stereocenters. The van der Waals surface area contributed by atoms with Gasteiger partial charge < -0.3 is 19.4 Å². The van der Waals surface area contributed by atoms with Gasteiger partial charge in [-0.05, 0) is 26.1 Å². The van der Waals surface area contributed by atoms with Gasteiger partial charge in [0, 0.05) is 50.9 Å². The summed E-state index contributed by atoms with van der Waals surface area (Å²) in [6.45, 7) is 6.64. The van der Waals surface area contributed by atoms with Crippen LogP contribution in [0.2, 0.25) is 0 Å². The van der Waals surface area contributed by atoms with Gasteiger partial charge in [0.1, 0.15) is 5.69 Å². The molecule has 3 rings (SSSR count). The van der Waals surface area contributed by atoms with Crippen molar-refractivity contribution in [1.29, 1.82) is 0 Å². The Morgan fingerprint density at radius 2 is 1.96 bits per heavy atom. The van der Waals surface area contributed by atoms with E-state index in [0.29, 0.717) is 30.9 Å². The van der Waals surface area contributed by atoms with E-state index in [4.69, 9.17) is 4.74 Å². The molecule has 1 aromatic rings. The summed E-state index contributed by atoms with van der Waals surface area (Å²) in [5, 5.41) is 11.6. The summed E-state index contributed by atoms with van der Waals surface area (Å²) in [4.78, 5) is 29.7. The quantitative estimate of drug-likeness (QED) is 0.603. The fourth-order valence-corrected chi connectivity index (χ4v) is 3.30. The molecule has 1 aromatic carbocycles. The van der Waals surface area contributed by atoms with Gasteiger partial charge in [0.05, 0.1) is 17.6 Å². The minimum Gasteiger partial charge on any atom is -0.375 e. The lowest BCUT2D eigenvalue weighted by Gasteiger charge is -2.34. The molecule has 0 spiro atoms. The summed E-state index contributed by atoms with van der Waals surface area (Å²) in [5.41, 5.74) is 0.945. The average Bonchev–Trinajstić information content (AvgIpc) is 2.61. The summed E-state index contributed by atoms with van der Waals surface area (Å²) in [6.07, 6.45) is -0.0164. The molecule has 0 bridgehead atoms. The third-order valence-corrected chi connectivity index (χ3v) is 4.79. The highest BCUT2D eigenvalue weighted by molar-refractivity contribution is 5.96. The van der Waals surface area contributed by atoms with Gasteiger partial charge in [-0.25, -0.2) is 0 Å². The second-order valence-electron chi connectivity index (χ2n) is 6.68. The molecule has 2 aliphatic rings. The highest BCUT2D eigenvalue weighted by Crippen LogP contribution is 2.30. The molecule has 1 atom stereocenters. The molecule has 25 heavy (non-hydrogen) atoms. The Balaban J connectivity index is 1.83. The van der Waals surface area contributed by atoms with Crippen LogP contribution >= 0.6 is 0 Å². The number of nitro groups is 1. The molecule has 8 heteroatoms. The number of morpholine rings is 1. The second-order valence-corrected chi connectivity index (χ2v) is 6.68. The smallest absolute Gasteiger partial charge is 0.293 e. The van der Waals surface area contributed by atoms with Gasteiger partial charge in [-0.1, -0.05) is 0 Å². The fraction of sp³-hybridized carbons (Fsp3) is 0.588. The number of hydrogen-bond acceptors (Lipinski definition) is 6. The number of anilines is 1. The number of carbonyl (C=O) groups excluding carboxylic acids is 1. The number of amides is 1. The Hall–Kier alpha value is -2.19. The molecule has 136 valence electrons. The Morgan fingerprint density at radius 3 is 2.60 bits per heavy atom. The molecule has 2 aliphatic heterocycles. The van der Waals surface area contributed by atoms with Crippen molar-refractivity contribution in [2.24, 2.45) is 0 Å². The zero-order valence-corrected chi connectivity index (χ0v) is 14.7. The predicted molar refractivity (Wildman–Crippen MR) is 94.1 cm³/mol. The van der Waals surface area contributed by atoms with E-state index in [1.807, 2.05) is 18.9 Å². The highest BCUT2D eigenvalue weighted by Gasteiger charge is 2.27. The first-order valence-corrected chi connectivity index (χ1v) is 8.58. The largest absolute Gasteiger partial charge is 0.375 e. The molecule has 0 saturated carbocycles. The average molecular weight is 348 g/mol. The van der Waals surface area contributed by atoms with Crippen LogP contribution in [0.1, 0.15) is 17.3 Å². The molecule has 0 aliphatic carbocycles. The number of ether oxygens (including phenoxy) is 1.